The Morgan fingerprint density at radius 1 is 1.10 bits per heavy atom. The van der Waals surface area contributed by atoms with Crippen LogP contribution in [-0.2, 0) is 0 Å². The minimum absolute atomic E-state index is 0.518. The maximum absolute atomic E-state index is 2.41. The van der Waals surface area contributed by atoms with Crippen LogP contribution in [0.3, 0.4) is 0 Å². The zero-order valence-electron chi connectivity index (χ0n) is 7.91. The van der Waals surface area contributed by atoms with E-state index in [9.17, 15) is 0 Å². The topological polar surface area (TPSA) is 0 Å². The van der Waals surface area contributed by atoms with Gasteiger partial charge in [-0.1, -0.05) is 40.5 Å². The molecule has 0 spiro atoms. The van der Waals surface area contributed by atoms with E-state index in [4.69, 9.17) is 0 Å². The molecule has 0 amide bonds. The highest BCUT2D eigenvalue weighted by Gasteiger charge is 2.08. The normalized spacial score (nSPS) is 12.0. The van der Waals surface area contributed by atoms with Crippen LogP contribution in [0, 0.1) is 11.8 Å². The summed E-state index contributed by atoms with van der Waals surface area (Å²) in [6.07, 6.45) is 7.61. The third-order valence-corrected chi connectivity index (χ3v) is 1.59. The molecule has 0 atom stereocenters. The van der Waals surface area contributed by atoms with Crippen LogP contribution in [0.25, 0.3) is 0 Å². The fraction of sp³-hybridized carbons (Fsp3) is 0.900. The van der Waals surface area contributed by atoms with Crippen LogP contribution in [0.4, 0.5) is 0 Å². The molecule has 10 heavy (non-hydrogen) atoms. The summed E-state index contributed by atoms with van der Waals surface area (Å²) in [6, 6.07) is 0. The Labute approximate surface area is 66.0 Å². The van der Waals surface area contributed by atoms with Crippen molar-refractivity contribution in [3.05, 3.63) is 6.42 Å². The molecule has 61 valence electrons. The van der Waals surface area contributed by atoms with Crippen molar-refractivity contribution in [1.29, 1.82) is 0 Å². The highest BCUT2D eigenvalue weighted by Crippen LogP contribution is 2.21. The third-order valence-electron chi connectivity index (χ3n) is 1.59. The lowest BCUT2D eigenvalue weighted by molar-refractivity contribution is 0.374. The van der Waals surface area contributed by atoms with Crippen molar-refractivity contribution in [3.63, 3.8) is 0 Å². The number of rotatable bonds is 4. The van der Waals surface area contributed by atoms with Crippen molar-refractivity contribution in [2.45, 2.75) is 53.4 Å². The minimum Gasteiger partial charge on any atom is -0.0654 e. The van der Waals surface area contributed by atoms with E-state index in [0.29, 0.717) is 5.41 Å². The van der Waals surface area contributed by atoms with E-state index in [-0.39, 0.29) is 0 Å². The molecule has 0 N–H and O–H groups in total. The summed E-state index contributed by atoms with van der Waals surface area (Å²) >= 11 is 0. The SMILES string of the molecule is CCC[CH]CCC(C)(C)C. The first-order valence-electron chi connectivity index (χ1n) is 4.38. The molecular formula is C10H21. The quantitative estimate of drug-likeness (QED) is 0.522. The van der Waals surface area contributed by atoms with Gasteiger partial charge in [0.2, 0.25) is 0 Å². The Bertz CT molecular complexity index is 66.6. The molecule has 0 aromatic rings. The van der Waals surface area contributed by atoms with Crippen LogP contribution in [0.5, 0.6) is 0 Å². The average Bonchev–Trinajstić information content (AvgIpc) is 1.78. The molecule has 0 heterocycles. The van der Waals surface area contributed by atoms with Gasteiger partial charge in [0.1, 0.15) is 0 Å². The van der Waals surface area contributed by atoms with Crippen molar-refractivity contribution >= 4 is 0 Å². The second-order valence-electron chi connectivity index (χ2n) is 4.18. The summed E-state index contributed by atoms with van der Waals surface area (Å²) in [5, 5.41) is 0. The number of hydrogen-bond acceptors (Lipinski definition) is 0. The van der Waals surface area contributed by atoms with Gasteiger partial charge in [-0.25, -0.2) is 0 Å². The van der Waals surface area contributed by atoms with Crippen LogP contribution in [0.1, 0.15) is 53.4 Å². The highest BCUT2D eigenvalue weighted by molar-refractivity contribution is 4.69. The van der Waals surface area contributed by atoms with Gasteiger partial charge in [-0.2, -0.15) is 0 Å². The van der Waals surface area contributed by atoms with Crippen molar-refractivity contribution in [2.24, 2.45) is 5.41 Å². The summed E-state index contributed by atoms with van der Waals surface area (Å²) in [4.78, 5) is 0. The highest BCUT2D eigenvalue weighted by atomic mass is 14.1. The maximum Gasteiger partial charge on any atom is -0.0383 e. The van der Waals surface area contributed by atoms with Crippen molar-refractivity contribution in [2.75, 3.05) is 0 Å². The van der Waals surface area contributed by atoms with E-state index in [1.165, 1.54) is 25.7 Å². The summed E-state index contributed by atoms with van der Waals surface area (Å²) < 4.78 is 0. The molecule has 0 aromatic carbocycles. The lowest BCUT2D eigenvalue weighted by Gasteiger charge is -2.17. The minimum atomic E-state index is 0.518. The Hall–Kier alpha value is 0. The number of hydrogen-bond donors (Lipinski definition) is 0. The first-order valence-corrected chi connectivity index (χ1v) is 4.38. The average molecular weight is 141 g/mol. The van der Waals surface area contributed by atoms with Crippen molar-refractivity contribution in [3.8, 4) is 0 Å². The third kappa shape index (κ3) is 8.00. The van der Waals surface area contributed by atoms with Gasteiger partial charge >= 0.3 is 0 Å². The largest absolute Gasteiger partial charge is 0.0654 e. The molecule has 0 aliphatic rings. The van der Waals surface area contributed by atoms with Crippen LogP contribution in [0.2, 0.25) is 0 Å². The Balaban J connectivity index is 3.04. The van der Waals surface area contributed by atoms with E-state index in [2.05, 4.69) is 34.1 Å². The van der Waals surface area contributed by atoms with Gasteiger partial charge in [-0.3, -0.25) is 0 Å². The van der Waals surface area contributed by atoms with Crippen LogP contribution in [0.15, 0.2) is 0 Å². The Kier molecular flexibility index (Phi) is 4.76. The molecule has 0 aromatic heterocycles. The predicted octanol–water partition coefficient (Wildman–Crippen LogP) is 3.82. The summed E-state index contributed by atoms with van der Waals surface area (Å²) in [5.41, 5.74) is 0.518. The second-order valence-corrected chi connectivity index (χ2v) is 4.18. The van der Waals surface area contributed by atoms with Crippen LogP contribution < -0.4 is 0 Å². The van der Waals surface area contributed by atoms with E-state index in [1.54, 1.807) is 0 Å². The zero-order chi connectivity index (χ0) is 8.04. The molecule has 0 aliphatic heterocycles. The zero-order valence-corrected chi connectivity index (χ0v) is 7.91. The van der Waals surface area contributed by atoms with Gasteiger partial charge in [-0.05, 0) is 24.7 Å². The maximum atomic E-state index is 2.41. The van der Waals surface area contributed by atoms with E-state index >= 15 is 0 Å². The fourth-order valence-corrected chi connectivity index (χ4v) is 0.884. The van der Waals surface area contributed by atoms with Gasteiger partial charge in [-0.15, -0.1) is 0 Å². The molecule has 0 nitrogen and oxygen atoms in total. The van der Waals surface area contributed by atoms with Crippen LogP contribution in [-0.4, -0.2) is 0 Å². The van der Waals surface area contributed by atoms with E-state index < -0.39 is 0 Å². The summed E-state index contributed by atoms with van der Waals surface area (Å²) in [7, 11) is 0. The van der Waals surface area contributed by atoms with Crippen molar-refractivity contribution in [1.82, 2.24) is 0 Å². The fourth-order valence-electron chi connectivity index (χ4n) is 0.884. The van der Waals surface area contributed by atoms with E-state index in [0.717, 1.165) is 0 Å². The first-order chi connectivity index (χ1) is 4.56. The molecule has 0 saturated carbocycles. The van der Waals surface area contributed by atoms with Gasteiger partial charge < -0.3 is 0 Å². The first kappa shape index (κ1) is 10.0. The monoisotopic (exact) mass is 141 g/mol. The second kappa shape index (κ2) is 4.76. The lowest BCUT2D eigenvalue weighted by Crippen LogP contribution is -2.03. The molecule has 0 rings (SSSR count). The molecule has 0 aliphatic carbocycles. The van der Waals surface area contributed by atoms with Gasteiger partial charge in [0.05, 0.1) is 0 Å². The molecule has 0 heteroatoms. The Morgan fingerprint density at radius 3 is 2.10 bits per heavy atom. The Morgan fingerprint density at radius 2 is 1.70 bits per heavy atom. The van der Waals surface area contributed by atoms with E-state index in [1.807, 2.05) is 0 Å². The molecule has 0 saturated heterocycles. The standard InChI is InChI=1S/C10H21/c1-5-6-7-8-9-10(2,3)4/h7H,5-6,8-9H2,1-4H3. The van der Waals surface area contributed by atoms with Crippen LogP contribution >= 0.6 is 0 Å². The smallest absolute Gasteiger partial charge is 0.0383 e. The van der Waals surface area contributed by atoms with Gasteiger partial charge in [0.25, 0.3) is 0 Å². The van der Waals surface area contributed by atoms with Crippen molar-refractivity contribution < 1.29 is 0 Å². The molecule has 0 fully saturated rings. The molecule has 1 radical (unpaired) electrons. The summed E-state index contributed by atoms with van der Waals surface area (Å²) in [5.74, 6) is 0. The predicted molar refractivity (Wildman–Crippen MR) is 47.9 cm³/mol. The molecule has 0 bridgehead atoms. The number of unbranched alkanes of at least 4 members (excludes halogenated alkanes) is 3. The molecular weight excluding hydrogens is 120 g/mol. The molecule has 0 unspecified atom stereocenters. The lowest BCUT2D eigenvalue weighted by atomic mass is 9.89. The van der Waals surface area contributed by atoms with Gasteiger partial charge in [0.15, 0.2) is 0 Å². The summed E-state index contributed by atoms with van der Waals surface area (Å²) in [6.45, 7) is 9.12. The van der Waals surface area contributed by atoms with Gasteiger partial charge in [0, 0.05) is 0 Å².